The van der Waals surface area contributed by atoms with Gasteiger partial charge in [-0.3, -0.25) is 4.79 Å². The van der Waals surface area contributed by atoms with Gasteiger partial charge in [0.25, 0.3) is 5.91 Å². The third kappa shape index (κ3) is 3.06. The molecule has 0 aromatic heterocycles. The molecular weight excluding hydrogens is 280 g/mol. The van der Waals surface area contributed by atoms with Crippen LogP contribution in [0.15, 0.2) is 18.2 Å². The van der Waals surface area contributed by atoms with Gasteiger partial charge in [-0.05, 0) is 31.0 Å². The first-order valence-electron chi connectivity index (χ1n) is 7.12. The minimum atomic E-state index is -1.00. The smallest absolute Gasteiger partial charge is 0.253 e. The van der Waals surface area contributed by atoms with Crippen LogP contribution >= 0.6 is 0 Å². The molecule has 2 fully saturated rings. The minimum Gasteiger partial charge on any atom is -0.350 e. The first-order chi connectivity index (χ1) is 10.1. The molecular formula is C15H17F2NO3. The predicted molar refractivity (Wildman–Crippen MR) is 70.7 cm³/mol. The van der Waals surface area contributed by atoms with E-state index in [1.807, 2.05) is 0 Å². The van der Waals surface area contributed by atoms with E-state index in [9.17, 15) is 13.6 Å². The fraction of sp³-hybridized carbons (Fsp3) is 0.533. The lowest BCUT2D eigenvalue weighted by molar-refractivity contribution is -0.0969. The fourth-order valence-electron chi connectivity index (χ4n) is 2.88. The summed E-state index contributed by atoms with van der Waals surface area (Å²) < 4.78 is 37.2. The number of rotatable bonds is 2. The zero-order valence-corrected chi connectivity index (χ0v) is 11.6. The van der Waals surface area contributed by atoms with Gasteiger partial charge in [0.05, 0.1) is 13.2 Å². The highest BCUT2D eigenvalue weighted by atomic mass is 19.2. The molecule has 0 spiro atoms. The molecule has 1 aromatic rings. The predicted octanol–water partition coefficient (Wildman–Crippen LogP) is 2.19. The summed E-state index contributed by atoms with van der Waals surface area (Å²) in [7, 11) is 0. The number of nitrogens with zero attached hydrogens (tertiary/aromatic N) is 1. The molecule has 2 aliphatic heterocycles. The molecule has 1 atom stereocenters. The van der Waals surface area contributed by atoms with Crippen LogP contribution in [0.4, 0.5) is 8.78 Å². The summed E-state index contributed by atoms with van der Waals surface area (Å²) in [4.78, 5) is 14.0. The SMILES string of the molecule is O=C(c1ccc(F)c(F)c1)N1CCCC(C2OCCO2)C1. The van der Waals surface area contributed by atoms with Crippen LogP contribution in [0.5, 0.6) is 0 Å². The summed E-state index contributed by atoms with van der Waals surface area (Å²) in [5, 5.41) is 0. The molecule has 0 radical (unpaired) electrons. The highest BCUT2D eigenvalue weighted by Crippen LogP contribution is 2.26. The molecule has 1 unspecified atom stereocenters. The second-order valence-electron chi connectivity index (χ2n) is 5.39. The quantitative estimate of drug-likeness (QED) is 0.840. The summed E-state index contributed by atoms with van der Waals surface area (Å²) in [5.74, 6) is -2.10. The Balaban J connectivity index is 1.70. The van der Waals surface area contributed by atoms with Gasteiger partial charge in [0.2, 0.25) is 0 Å². The van der Waals surface area contributed by atoms with Crippen molar-refractivity contribution in [2.75, 3.05) is 26.3 Å². The maximum Gasteiger partial charge on any atom is 0.253 e. The zero-order chi connectivity index (χ0) is 14.8. The Kier molecular flexibility index (Phi) is 4.17. The van der Waals surface area contributed by atoms with Gasteiger partial charge in [-0.2, -0.15) is 0 Å². The summed E-state index contributed by atoms with van der Waals surface area (Å²) in [5.41, 5.74) is 0.169. The van der Waals surface area contributed by atoms with Crippen molar-refractivity contribution < 1.29 is 23.0 Å². The largest absolute Gasteiger partial charge is 0.350 e. The van der Waals surface area contributed by atoms with Gasteiger partial charge in [-0.1, -0.05) is 0 Å². The van der Waals surface area contributed by atoms with E-state index in [4.69, 9.17) is 9.47 Å². The van der Waals surface area contributed by atoms with E-state index in [1.54, 1.807) is 4.90 Å². The van der Waals surface area contributed by atoms with Crippen molar-refractivity contribution in [1.82, 2.24) is 4.90 Å². The van der Waals surface area contributed by atoms with E-state index in [-0.39, 0.29) is 23.7 Å². The third-order valence-corrected chi connectivity index (χ3v) is 3.94. The molecule has 1 aromatic carbocycles. The first-order valence-corrected chi connectivity index (χ1v) is 7.12. The summed E-state index contributed by atoms with van der Waals surface area (Å²) in [6.45, 7) is 2.29. The number of hydrogen-bond donors (Lipinski definition) is 0. The Morgan fingerprint density at radius 1 is 1.19 bits per heavy atom. The molecule has 21 heavy (non-hydrogen) atoms. The number of hydrogen-bond acceptors (Lipinski definition) is 3. The number of amides is 1. The van der Waals surface area contributed by atoms with Gasteiger partial charge < -0.3 is 14.4 Å². The highest BCUT2D eigenvalue weighted by molar-refractivity contribution is 5.94. The van der Waals surface area contributed by atoms with Crippen LogP contribution in [-0.4, -0.2) is 43.4 Å². The average molecular weight is 297 g/mol. The van der Waals surface area contributed by atoms with Gasteiger partial charge in [-0.15, -0.1) is 0 Å². The number of ether oxygens (including phenoxy) is 2. The van der Waals surface area contributed by atoms with Gasteiger partial charge in [0.1, 0.15) is 0 Å². The maximum absolute atomic E-state index is 13.2. The maximum atomic E-state index is 13.2. The van der Waals surface area contributed by atoms with E-state index in [0.29, 0.717) is 26.3 Å². The molecule has 0 N–H and O–H groups in total. The lowest BCUT2D eigenvalue weighted by atomic mass is 9.96. The highest BCUT2D eigenvalue weighted by Gasteiger charge is 2.33. The van der Waals surface area contributed by atoms with Gasteiger partial charge in [0, 0.05) is 24.6 Å². The van der Waals surface area contributed by atoms with Crippen LogP contribution in [0.3, 0.4) is 0 Å². The van der Waals surface area contributed by atoms with E-state index in [1.165, 1.54) is 6.07 Å². The summed E-state index contributed by atoms with van der Waals surface area (Å²) in [6.07, 6.45) is 1.53. The van der Waals surface area contributed by atoms with E-state index >= 15 is 0 Å². The van der Waals surface area contributed by atoms with Crippen molar-refractivity contribution >= 4 is 5.91 Å². The molecule has 0 saturated carbocycles. The number of benzene rings is 1. The van der Waals surface area contributed by atoms with Crippen molar-refractivity contribution in [3.05, 3.63) is 35.4 Å². The third-order valence-electron chi connectivity index (χ3n) is 3.94. The number of piperidine rings is 1. The van der Waals surface area contributed by atoms with Crippen molar-refractivity contribution in [1.29, 1.82) is 0 Å². The summed E-state index contributed by atoms with van der Waals surface area (Å²) >= 11 is 0. The van der Waals surface area contributed by atoms with Crippen LogP contribution in [-0.2, 0) is 9.47 Å². The van der Waals surface area contributed by atoms with Crippen LogP contribution in [0.2, 0.25) is 0 Å². The van der Waals surface area contributed by atoms with Crippen molar-refractivity contribution in [3.8, 4) is 0 Å². The Bertz CT molecular complexity index is 532. The number of carbonyl (C=O) groups excluding carboxylic acids is 1. The molecule has 1 amide bonds. The van der Waals surface area contributed by atoms with Gasteiger partial charge in [-0.25, -0.2) is 8.78 Å². The standard InChI is InChI=1S/C15H17F2NO3/c16-12-4-3-10(8-13(12)17)14(19)18-5-1-2-11(9-18)15-20-6-7-21-15/h3-4,8,11,15H,1-2,5-7,9H2. The molecule has 0 bridgehead atoms. The molecule has 4 nitrogen and oxygen atoms in total. The molecule has 2 heterocycles. The Hall–Kier alpha value is -1.53. The average Bonchev–Trinajstić information content (AvgIpc) is 3.04. The first kappa shape index (κ1) is 14.4. The molecule has 2 saturated heterocycles. The van der Waals surface area contributed by atoms with Crippen molar-refractivity contribution in [2.24, 2.45) is 5.92 Å². The molecule has 114 valence electrons. The molecule has 3 rings (SSSR count). The fourth-order valence-corrected chi connectivity index (χ4v) is 2.88. The monoisotopic (exact) mass is 297 g/mol. The van der Waals surface area contributed by atoms with E-state index in [2.05, 4.69) is 0 Å². The Morgan fingerprint density at radius 2 is 1.95 bits per heavy atom. The Labute approximate surface area is 121 Å². The van der Waals surface area contributed by atoms with E-state index < -0.39 is 11.6 Å². The van der Waals surface area contributed by atoms with Crippen LogP contribution < -0.4 is 0 Å². The zero-order valence-electron chi connectivity index (χ0n) is 11.6. The lowest BCUT2D eigenvalue weighted by Gasteiger charge is -2.34. The Morgan fingerprint density at radius 3 is 2.67 bits per heavy atom. The number of carbonyl (C=O) groups is 1. The summed E-state index contributed by atoms with van der Waals surface area (Å²) in [6, 6.07) is 3.24. The second kappa shape index (κ2) is 6.07. The van der Waals surface area contributed by atoms with Crippen LogP contribution in [0.1, 0.15) is 23.2 Å². The lowest BCUT2D eigenvalue weighted by Crippen LogP contribution is -2.43. The minimum absolute atomic E-state index is 0.135. The van der Waals surface area contributed by atoms with Gasteiger partial charge in [0.15, 0.2) is 17.9 Å². The normalized spacial score (nSPS) is 23.5. The molecule has 6 heteroatoms. The molecule has 0 aliphatic carbocycles. The van der Waals surface area contributed by atoms with E-state index in [0.717, 1.165) is 25.0 Å². The molecule has 2 aliphatic rings. The van der Waals surface area contributed by atoms with Crippen LogP contribution in [0.25, 0.3) is 0 Å². The van der Waals surface area contributed by atoms with Crippen molar-refractivity contribution in [2.45, 2.75) is 19.1 Å². The topological polar surface area (TPSA) is 38.8 Å². The van der Waals surface area contributed by atoms with Gasteiger partial charge >= 0.3 is 0 Å². The number of likely N-dealkylation sites (tertiary alicyclic amines) is 1. The second-order valence-corrected chi connectivity index (χ2v) is 5.39. The van der Waals surface area contributed by atoms with Crippen LogP contribution in [0, 0.1) is 17.6 Å². The van der Waals surface area contributed by atoms with Crippen molar-refractivity contribution in [3.63, 3.8) is 0 Å². The number of halogens is 2.